The van der Waals surface area contributed by atoms with Crippen molar-refractivity contribution in [2.45, 2.75) is 52.9 Å². The number of fused-ring (bicyclic) bond motifs is 1. The molecule has 1 amide bonds. The number of hydrogen-bond acceptors (Lipinski definition) is 1. The minimum atomic E-state index is 0.622. The zero-order valence-corrected chi connectivity index (χ0v) is 17.0. The Morgan fingerprint density at radius 1 is 0.889 bits per heavy atom. The first-order valence-corrected chi connectivity index (χ1v) is 9.72. The zero-order valence-electron chi connectivity index (χ0n) is 17.0. The summed E-state index contributed by atoms with van der Waals surface area (Å²) in [7, 11) is 0. The summed E-state index contributed by atoms with van der Waals surface area (Å²) in [5.74, 6) is 0. The zero-order chi connectivity index (χ0) is 20.0. The molecule has 0 aliphatic rings. The Morgan fingerprint density at radius 2 is 1.48 bits per heavy atom. The molecule has 0 spiro atoms. The van der Waals surface area contributed by atoms with E-state index in [-0.39, 0.29) is 0 Å². The number of benzene rings is 2. The standard InChI is InChI=1S/C25H31NO/c1-7-8-9-10-11-20-12-13-21(17(2)3)25-22(18(4)5)14-15-23(24(20)25)19(6)26-16-27/h12-16H,2,4,6-11H2,1,3,5H3,(H,26,27). The van der Waals surface area contributed by atoms with Gasteiger partial charge in [-0.15, -0.1) is 0 Å². The average molecular weight is 362 g/mol. The summed E-state index contributed by atoms with van der Waals surface area (Å²) in [6.07, 6.45) is 6.55. The summed E-state index contributed by atoms with van der Waals surface area (Å²) in [4.78, 5) is 11.0. The molecule has 0 aliphatic carbocycles. The van der Waals surface area contributed by atoms with Gasteiger partial charge < -0.3 is 5.32 Å². The summed E-state index contributed by atoms with van der Waals surface area (Å²) in [5, 5.41) is 5.06. The van der Waals surface area contributed by atoms with Crippen molar-refractivity contribution in [3.63, 3.8) is 0 Å². The second-order valence-corrected chi connectivity index (χ2v) is 7.29. The third kappa shape index (κ3) is 4.57. The smallest absolute Gasteiger partial charge is 0.211 e. The van der Waals surface area contributed by atoms with Crippen LogP contribution in [0.4, 0.5) is 0 Å². The third-order valence-electron chi connectivity index (χ3n) is 5.02. The van der Waals surface area contributed by atoms with Crippen molar-refractivity contribution in [1.82, 2.24) is 5.32 Å². The maximum Gasteiger partial charge on any atom is 0.211 e. The quantitative estimate of drug-likeness (QED) is 0.368. The molecular formula is C25H31NO. The van der Waals surface area contributed by atoms with Crippen LogP contribution in [0.15, 0.2) is 44.0 Å². The summed E-state index contributed by atoms with van der Waals surface area (Å²) in [6, 6.07) is 8.50. The number of unbranched alkanes of at least 4 members (excludes halogenated alkanes) is 3. The van der Waals surface area contributed by atoms with Crippen LogP contribution < -0.4 is 5.32 Å². The topological polar surface area (TPSA) is 29.1 Å². The van der Waals surface area contributed by atoms with Gasteiger partial charge in [-0.2, -0.15) is 0 Å². The fourth-order valence-corrected chi connectivity index (χ4v) is 3.63. The van der Waals surface area contributed by atoms with E-state index in [0.717, 1.165) is 51.5 Å². The predicted octanol–water partition coefficient (Wildman–Crippen LogP) is 6.75. The van der Waals surface area contributed by atoms with E-state index in [2.05, 4.69) is 50.2 Å². The van der Waals surface area contributed by atoms with Crippen LogP contribution in [-0.2, 0) is 11.2 Å². The first kappa shape index (κ1) is 20.7. The Kier molecular flexibility index (Phi) is 7.18. The van der Waals surface area contributed by atoms with Crippen molar-refractivity contribution in [3.8, 4) is 0 Å². The number of allylic oxidation sites excluding steroid dienone is 2. The molecule has 0 saturated carbocycles. The van der Waals surface area contributed by atoms with Crippen LogP contribution >= 0.6 is 0 Å². The van der Waals surface area contributed by atoms with Crippen LogP contribution in [-0.4, -0.2) is 6.41 Å². The van der Waals surface area contributed by atoms with Crippen molar-refractivity contribution in [3.05, 3.63) is 66.3 Å². The van der Waals surface area contributed by atoms with Crippen LogP contribution in [0.1, 0.15) is 68.7 Å². The Balaban J connectivity index is 2.77. The summed E-state index contributed by atoms with van der Waals surface area (Å²) < 4.78 is 0. The van der Waals surface area contributed by atoms with E-state index < -0.39 is 0 Å². The lowest BCUT2D eigenvalue weighted by atomic mass is 9.86. The predicted molar refractivity (Wildman–Crippen MR) is 119 cm³/mol. The number of hydrogen-bond donors (Lipinski definition) is 1. The van der Waals surface area contributed by atoms with E-state index in [0.29, 0.717) is 12.1 Å². The highest BCUT2D eigenvalue weighted by atomic mass is 16.1. The second kappa shape index (κ2) is 9.36. The van der Waals surface area contributed by atoms with Crippen LogP contribution in [0, 0.1) is 0 Å². The van der Waals surface area contributed by atoms with Gasteiger partial charge in [-0.25, -0.2) is 0 Å². The Hall–Kier alpha value is -2.61. The van der Waals surface area contributed by atoms with E-state index in [1.54, 1.807) is 0 Å². The monoisotopic (exact) mass is 361 g/mol. The Bertz CT molecular complexity index is 869. The molecule has 0 heterocycles. The minimum absolute atomic E-state index is 0.622. The highest BCUT2D eigenvalue weighted by Crippen LogP contribution is 2.37. The number of nitrogens with one attached hydrogen (secondary N) is 1. The molecule has 0 fully saturated rings. The third-order valence-corrected chi connectivity index (χ3v) is 5.02. The largest absolute Gasteiger partial charge is 0.329 e. The van der Waals surface area contributed by atoms with Crippen molar-refractivity contribution < 1.29 is 4.79 Å². The Labute approximate surface area is 163 Å². The van der Waals surface area contributed by atoms with E-state index in [1.165, 1.54) is 24.8 Å². The van der Waals surface area contributed by atoms with Crippen LogP contribution in [0.2, 0.25) is 0 Å². The van der Waals surface area contributed by atoms with Crippen LogP contribution in [0.3, 0.4) is 0 Å². The van der Waals surface area contributed by atoms with E-state index in [4.69, 9.17) is 0 Å². The van der Waals surface area contributed by atoms with Gasteiger partial charge in [0.05, 0.1) is 0 Å². The molecule has 0 aromatic heterocycles. The van der Waals surface area contributed by atoms with E-state index in [9.17, 15) is 4.79 Å². The molecule has 0 saturated heterocycles. The lowest BCUT2D eigenvalue weighted by Gasteiger charge is -2.19. The molecule has 2 heteroatoms. The molecule has 2 nitrogen and oxygen atoms in total. The lowest BCUT2D eigenvalue weighted by molar-refractivity contribution is -0.108. The van der Waals surface area contributed by atoms with Gasteiger partial charge in [0, 0.05) is 11.3 Å². The Morgan fingerprint density at radius 3 is 2.04 bits per heavy atom. The first-order chi connectivity index (χ1) is 12.9. The molecule has 2 aromatic carbocycles. The van der Waals surface area contributed by atoms with Crippen LogP contribution in [0.5, 0.6) is 0 Å². The first-order valence-electron chi connectivity index (χ1n) is 9.72. The number of carbonyl (C=O) groups is 1. The van der Waals surface area contributed by atoms with Crippen LogP contribution in [0.25, 0.3) is 27.6 Å². The maximum absolute atomic E-state index is 11.0. The lowest BCUT2D eigenvalue weighted by Crippen LogP contribution is -2.09. The molecule has 0 bridgehead atoms. The fourth-order valence-electron chi connectivity index (χ4n) is 3.63. The van der Waals surface area contributed by atoms with Gasteiger partial charge in [-0.05, 0) is 54.2 Å². The highest BCUT2D eigenvalue weighted by molar-refractivity contribution is 6.07. The minimum Gasteiger partial charge on any atom is -0.329 e. The van der Waals surface area contributed by atoms with Crippen molar-refractivity contribution >= 4 is 34.0 Å². The van der Waals surface area contributed by atoms with Gasteiger partial charge in [-0.1, -0.05) is 81.3 Å². The molecule has 142 valence electrons. The molecule has 0 aliphatic heterocycles. The van der Waals surface area contributed by atoms with E-state index >= 15 is 0 Å². The van der Waals surface area contributed by atoms with Crippen molar-refractivity contribution in [1.29, 1.82) is 0 Å². The van der Waals surface area contributed by atoms with Crippen molar-refractivity contribution in [2.75, 3.05) is 0 Å². The SMILES string of the molecule is C=C(NC=O)c1ccc(C(=C)C)c2c(C(=C)C)ccc(CCCCCC)c12. The summed E-state index contributed by atoms with van der Waals surface area (Å²) in [6.45, 7) is 18.7. The average Bonchev–Trinajstić information content (AvgIpc) is 2.63. The summed E-state index contributed by atoms with van der Waals surface area (Å²) in [5.41, 5.74) is 7.17. The van der Waals surface area contributed by atoms with Gasteiger partial charge in [0.15, 0.2) is 0 Å². The maximum atomic E-state index is 11.0. The van der Waals surface area contributed by atoms with Crippen molar-refractivity contribution in [2.24, 2.45) is 0 Å². The molecule has 0 radical (unpaired) electrons. The van der Waals surface area contributed by atoms with Gasteiger partial charge in [0.1, 0.15) is 0 Å². The molecule has 27 heavy (non-hydrogen) atoms. The van der Waals surface area contributed by atoms with Gasteiger partial charge in [0.2, 0.25) is 6.41 Å². The summed E-state index contributed by atoms with van der Waals surface area (Å²) >= 11 is 0. The van der Waals surface area contributed by atoms with Gasteiger partial charge in [0.25, 0.3) is 0 Å². The molecular weight excluding hydrogens is 330 g/mol. The van der Waals surface area contributed by atoms with E-state index in [1.807, 2.05) is 19.9 Å². The fraction of sp³-hybridized carbons (Fsp3) is 0.320. The normalized spacial score (nSPS) is 10.6. The highest BCUT2D eigenvalue weighted by Gasteiger charge is 2.16. The molecule has 0 unspecified atom stereocenters. The number of carbonyl (C=O) groups excluding carboxylic acids is 1. The van der Waals surface area contributed by atoms with Gasteiger partial charge in [-0.3, -0.25) is 4.79 Å². The van der Waals surface area contributed by atoms with Gasteiger partial charge >= 0.3 is 0 Å². The molecule has 0 atom stereocenters. The molecule has 2 aromatic rings. The number of aryl methyl sites for hydroxylation is 1. The number of amides is 1. The second-order valence-electron chi connectivity index (χ2n) is 7.29. The molecule has 1 N–H and O–H groups in total. The number of rotatable bonds is 10. The molecule has 2 rings (SSSR count).